The van der Waals surface area contributed by atoms with Gasteiger partial charge in [0.1, 0.15) is 6.04 Å². The molecule has 0 rings (SSSR count). The van der Waals surface area contributed by atoms with E-state index >= 15 is 0 Å². The predicted molar refractivity (Wildman–Crippen MR) is 42.2 cm³/mol. The first-order valence-electron chi connectivity index (χ1n) is 3.23. The number of hydrogen-bond donors (Lipinski definition) is 1. The van der Waals surface area contributed by atoms with Gasteiger partial charge in [0.15, 0.2) is 0 Å². The van der Waals surface area contributed by atoms with Crippen molar-refractivity contribution in [2.75, 3.05) is 6.26 Å². The number of nitriles is 1. The third-order valence-corrected chi connectivity index (χ3v) is 1.83. The Kier molecular flexibility index (Phi) is 3.49. The molecule has 0 unspecified atom stereocenters. The molecular weight excluding hydrogens is 164 g/mol. The Hall–Kier alpha value is -0.600. The summed E-state index contributed by atoms with van der Waals surface area (Å²) in [6.45, 7) is 3.57. The second kappa shape index (κ2) is 3.69. The smallest absolute Gasteiger partial charge is 0.209 e. The Labute approximate surface area is 67.3 Å². The van der Waals surface area contributed by atoms with E-state index in [9.17, 15) is 8.42 Å². The molecule has 1 atom stereocenters. The second-order valence-electron chi connectivity index (χ2n) is 2.74. The number of hydrogen-bond acceptors (Lipinski definition) is 3. The fourth-order valence-corrected chi connectivity index (χ4v) is 1.33. The van der Waals surface area contributed by atoms with Gasteiger partial charge in [0.05, 0.1) is 12.3 Å². The molecule has 0 saturated heterocycles. The van der Waals surface area contributed by atoms with Crippen molar-refractivity contribution in [2.24, 2.45) is 5.92 Å². The monoisotopic (exact) mass is 176 g/mol. The van der Waals surface area contributed by atoms with Gasteiger partial charge in [-0.3, -0.25) is 0 Å². The molecule has 0 amide bonds. The average Bonchev–Trinajstić information content (AvgIpc) is 1.80. The van der Waals surface area contributed by atoms with Crippen molar-refractivity contribution in [1.82, 2.24) is 4.72 Å². The molecule has 0 aromatic heterocycles. The number of rotatable bonds is 3. The second-order valence-corrected chi connectivity index (χ2v) is 4.52. The quantitative estimate of drug-likeness (QED) is 0.662. The van der Waals surface area contributed by atoms with Gasteiger partial charge in [-0.2, -0.15) is 9.98 Å². The van der Waals surface area contributed by atoms with Crippen LogP contribution < -0.4 is 4.72 Å². The molecule has 5 heteroatoms. The molecule has 11 heavy (non-hydrogen) atoms. The zero-order chi connectivity index (χ0) is 9.07. The van der Waals surface area contributed by atoms with Crippen LogP contribution in [0.25, 0.3) is 0 Å². The van der Waals surface area contributed by atoms with E-state index < -0.39 is 16.1 Å². The molecule has 1 N–H and O–H groups in total. The molecule has 0 aromatic carbocycles. The minimum Gasteiger partial charge on any atom is -0.213 e. The first-order valence-corrected chi connectivity index (χ1v) is 5.13. The lowest BCUT2D eigenvalue weighted by molar-refractivity contribution is 0.518. The van der Waals surface area contributed by atoms with Gasteiger partial charge in [-0.05, 0) is 5.92 Å². The van der Waals surface area contributed by atoms with Crippen molar-refractivity contribution in [3.05, 3.63) is 0 Å². The summed E-state index contributed by atoms with van der Waals surface area (Å²) < 4.78 is 23.5. The van der Waals surface area contributed by atoms with Crippen LogP contribution in [0.3, 0.4) is 0 Å². The van der Waals surface area contributed by atoms with Crippen molar-refractivity contribution in [1.29, 1.82) is 5.26 Å². The maximum Gasteiger partial charge on any atom is 0.209 e. The minimum absolute atomic E-state index is 0.00488. The normalized spacial score (nSPS) is 14.5. The molecule has 0 saturated carbocycles. The Morgan fingerprint density at radius 3 is 2.00 bits per heavy atom. The molecule has 0 fully saturated rings. The van der Waals surface area contributed by atoms with Crippen molar-refractivity contribution in [2.45, 2.75) is 19.9 Å². The van der Waals surface area contributed by atoms with Gasteiger partial charge in [0.2, 0.25) is 10.0 Å². The summed E-state index contributed by atoms with van der Waals surface area (Å²) in [6, 6.07) is 1.25. The highest BCUT2D eigenvalue weighted by Crippen LogP contribution is 2.00. The standard InChI is InChI=1S/C6H12N2O2S/c1-5(2)6(4-7)8-11(3,9)10/h5-6,8H,1-3H3/t6-/m0/s1. The summed E-state index contributed by atoms with van der Waals surface area (Å²) in [5.74, 6) is -0.00488. The predicted octanol–water partition coefficient (Wildman–Crippen LogP) is 0.0838. The largest absolute Gasteiger partial charge is 0.213 e. The summed E-state index contributed by atoms with van der Waals surface area (Å²) in [6.07, 6.45) is 1.04. The fourth-order valence-electron chi connectivity index (χ4n) is 0.542. The van der Waals surface area contributed by atoms with Crippen molar-refractivity contribution in [3.8, 4) is 6.07 Å². The van der Waals surface area contributed by atoms with E-state index in [0.29, 0.717) is 0 Å². The van der Waals surface area contributed by atoms with E-state index in [2.05, 4.69) is 4.72 Å². The summed E-state index contributed by atoms with van der Waals surface area (Å²) >= 11 is 0. The third kappa shape index (κ3) is 4.76. The lowest BCUT2D eigenvalue weighted by Crippen LogP contribution is -2.36. The molecule has 0 radical (unpaired) electrons. The summed E-state index contributed by atoms with van der Waals surface area (Å²) in [5.41, 5.74) is 0. The Morgan fingerprint density at radius 1 is 1.45 bits per heavy atom. The van der Waals surface area contributed by atoms with E-state index in [0.717, 1.165) is 6.26 Å². The molecule has 4 nitrogen and oxygen atoms in total. The Morgan fingerprint density at radius 2 is 1.91 bits per heavy atom. The maximum atomic E-state index is 10.6. The molecule has 0 heterocycles. The Balaban J connectivity index is 4.26. The molecule has 0 aromatic rings. The van der Waals surface area contributed by atoms with Gasteiger partial charge in [0.25, 0.3) is 0 Å². The summed E-state index contributed by atoms with van der Waals surface area (Å²) in [5, 5.41) is 8.48. The van der Waals surface area contributed by atoms with E-state index in [1.807, 2.05) is 6.07 Å². The van der Waals surface area contributed by atoms with Crippen LogP contribution in [-0.4, -0.2) is 20.7 Å². The molecular formula is C6H12N2O2S. The van der Waals surface area contributed by atoms with Crippen LogP contribution in [0.15, 0.2) is 0 Å². The van der Waals surface area contributed by atoms with Gasteiger partial charge in [0, 0.05) is 0 Å². The molecule has 64 valence electrons. The zero-order valence-corrected chi connectivity index (χ0v) is 7.64. The van der Waals surface area contributed by atoms with Crippen molar-refractivity contribution in [3.63, 3.8) is 0 Å². The van der Waals surface area contributed by atoms with Gasteiger partial charge in [-0.25, -0.2) is 8.42 Å². The van der Waals surface area contributed by atoms with Gasteiger partial charge < -0.3 is 0 Å². The highest BCUT2D eigenvalue weighted by Gasteiger charge is 2.15. The molecule has 0 bridgehead atoms. The lowest BCUT2D eigenvalue weighted by Gasteiger charge is -2.12. The van der Waals surface area contributed by atoms with Crippen LogP contribution in [-0.2, 0) is 10.0 Å². The molecule has 0 spiro atoms. The highest BCUT2D eigenvalue weighted by molar-refractivity contribution is 7.88. The van der Waals surface area contributed by atoms with Crippen LogP contribution >= 0.6 is 0 Å². The van der Waals surface area contributed by atoms with Crippen LogP contribution in [0.1, 0.15) is 13.8 Å². The topological polar surface area (TPSA) is 70.0 Å². The van der Waals surface area contributed by atoms with Crippen LogP contribution in [0.5, 0.6) is 0 Å². The van der Waals surface area contributed by atoms with E-state index in [1.54, 1.807) is 13.8 Å². The van der Waals surface area contributed by atoms with Crippen molar-refractivity contribution < 1.29 is 8.42 Å². The minimum atomic E-state index is -3.25. The number of sulfonamides is 1. The molecule has 0 aliphatic rings. The zero-order valence-electron chi connectivity index (χ0n) is 6.83. The first-order chi connectivity index (χ1) is 4.87. The fraction of sp³-hybridized carbons (Fsp3) is 0.833. The average molecular weight is 176 g/mol. The molecule has 0 aliphatic heterocycles. The van der Waals surface area contributed by atoms with Crippen LogP contribution in [0, 0.1) is 17.2 Å². The van der Waals surface area contributed by atoms with Crippen LogP contribution in [0.4, 0.5) is 0 Å². The molecule has 0 aliphatic carbocycles. The third-order valence-electron chi connectivity index (χ3n) is 1.15. The van der Waals surface area contributed by atoms with Gasteiger partial charge >= 0.3 is 0 Å². The van der Waals surface area contributed by atoms with E-state index in [-0.39, 0.29) is 5.92 Å². The van der Waals surface area contributed by atoms with E-state index in [4.69, 9.17) is 5.26 Å². The van der Waals surface area contributed by atoms with Crippen LogP contribution in [0.2, 0.25) is 0 Å². The lowest BCUT2D eigenvalue weighted by atomic mass is 10.1. The van der Waals surface area contributed by atoms with Gasteiger partial charge in [-0.1, -0.05) is 13.8 Å². The SMILES string of the molecule is CC(C)[C@H](C#N)NS(C)(=O)=O. The highest BCUT2D eigenvalue weighted by atomic mass is 32.2. The van der Waals surface area contributed by atoms with Gasteiger partial charge in [-0.15, -0.1) is 0 Å². The number of nitrogens with zero attached hydrogens (tertiary/aromatic N) is 1. The van der Waals surface area contributed by atoms with E-state index in [1.165, 1.54) is 0 Å². The summed E-state index contributed by atoms with van der Waals surface area (Å²) in [4.78, 5) is 0. The summed E-state index contributed by atoms with van der Waals surface area (Å²) in [7, 11) is -3.25. The maximum absolute atomic E-state index is 10.6. The number of nitrogens with one attached hydrogen (secondary N) is 1. The Bertz CT molecular complexity index is 250. The van der Waals surface area contributed by atoms with Crippen molar-refractivity contribution >= 4 is 10.0 Å². The first kappa shape index (κ1) is 10.4.